The van der Waals surface area contributed by atoms with Crippen LogP contribution in [0.25, 0.3) is 11.4 Å². The van der Waals surface area contributed by atoms with Crippen LogP contribution in [0, 0.1) is 5.82 Å². The molecule has 0 radical (unpaired) electrons. The first-order valence-electron chi connectivity index (χ1n) is 14.4. The second kappa shape index (κ2) is 13.7. The number of halogens is 1. The third-order valence-corrected chi connectivity index (χ3v) is 7.81. The lowest BCUT2D eigenvalue weighted by Crippen LogP contribution is -2.50. The Balaban J connectivity index is 1.41. The molecule has 2 atom stereocenters. The Morgan fingerprint density at radius 3 is 2.50 bits per heavy atom. The van der Waals surface area contributed by atoms with E-state index in [4.69, 9.17) is 14.2 Å². The Bertz CT molecular complexity index is 1350. The van der Waals surface area contributed by atoms with E-state index in [0.717, 1.165) is 44.9 Å². The number of tetrazole rings is 1. The van der Waals surface area contributed by atoms with E-state index >= 15 is 0 Å². The van der Waals surface area contributed by atoms with Crippen molar-refractivity contribution in [2.75, 3.05) is 27.4 Å². The van der Waals surface area contributed by atoms with Crippen LogP contribution in [0.4, 0.5) is 4.39 Å². The highest BCUT2D eigenvalue weighted by molar-refractivity contribution is 5.89. The van der Waals surface area contributed by atoms with Crippen molar-refractivity contribution in [3.8, 4) is 22.9 Å². The number of nitrogens with one attached hydrogen (secondary N) is 1. The topological polar surface area (TPSA) is 121 Å². The van der Waals surface area contributed by atoms with Gasteiger partial charge in [0.15, 0.2) is 11.5 Å². The highest BCUT2D eigenvalue weighted by atomic mass is 19.1. The summed E-state index contributed by atoms with van der Waals surface area (Å²) in [5, 5.41) is 15.8. The Morgan fingerprint density at radius 1 is 1.05 bits per heavy atom. The number of carbonyl (C=O) groups excluding carboxylic acids is 2. The number of aromatic nitrogens is 4. The summed E-state index contributed by atoms with van der Waals surface area (Å²) < 4.78 is 30.4. The highest BCUT2D eigenvalue weighted by Crippen LogP contribution is 2.31. The lowest BCUT2D eigenvalue weighted by molar-refractivity contribution is -0.143. The predicted molar refractivity (Wildman–Crippen MR) is 151 cm³/mol. The van der Waals surface area contributed by atoms with Gasteiger partial charge >= 0.3 is 0 Å². The molecule has 1 N–H and O–H groups in total. The van der Waals surface area contributed by atoms with Gasteiger partial charge in [-0.25, -0.2) is 4.39 Å². The van der Waals surface area contributed by atoms with Gasteiger partial charge in [-0.15, -0.1) is 10.2 Å². The predicted octanol–water partition coefficient (Wildman–Crippen LogP) is 3.69. The van der Waals surface area contributed by atoms with Crippen LogP contribution < -0.4 is 14.8 Å². The van der Waals surface area contributed by atoms with Crippen LogP contribution in [-0.4, -0.2) is 76.4 Å². The van der Waals surface area contributed by atoms with Crippen LogP contribution in [-0.2, 0) is 20.9 Å². The fourth-order valence-electron chi connectivity index (χ4n) is 5.62. The molecule has 1 aromatic heterocycles. The van der Waals surface area contributed by atoms with Gasteiger partial charge in [-0.05, 0) is 66.8 Å². The highest BCUT2D eigenvalue weighted by Gasteiger charge is 2.35. The molecule has 1 saturated carbocycles. The first-order valence-corrected chi connectivity index (χ1v) is 14.4. The maximum atomic E-state index is 14.0. The molecule has 2 amide bonds. The second-order valence-electron chi connectivity index (χ2n) is 10.7. The molecule has 12 heteroatoms. The summed E-state index contributed by atoms with van der Waals surface area (Å²) in [6.45, 7) is 0.555. The number of carbonyl (C=O) groups is 2. The standard InChI is InChI=1S/C30H37FN6O5/c1-40-25-15-12-21(17-26(25)41-2)29-33-35-37(34-29)19-27(38)36(18-24-9-6-16-42-24)28(20-10-13-22(31)14-11-20)30(39)32-23-7-4-3-5-8-23/h10-15,17,23-24,28H,3-9,16,18-19H2,1-2H3,(H,32,39)/t24-,28+/m1/s1. The number of nitrogens with zero attached hydrogens (tertiary/aromatic N) is 5. The van der Waals surface area contributed by atoms with Gasteiger partial charge in [-0.1, -0.05) is 31.4 Å². The lowest BCUT2D eigenvalue weighted by atomic mass is 9.94. The van der Waals surface area contributed by atoms with E-state index in [-0.39, 0.29) is 37.0 Å². The van der Waals surface area contributed by atoms with Crippen molar-refractivity contribution in [2.24, 2.45) is 0 Å². The van der Waals surface area contributed by atoms with Gasteiger partial charge in [-0.2, -0.15) is 4.80 Å². The Morgan fingerprint density at radius 2 is 1.81 bits per heavy atom. The smallest absolute Gasteiger partial charge is 0.247 e. The fraction of sp³-hybridized carbons (Fsp3) is 0.500. The lowest BCUT2D eigenvalue weighted by Gasteiger charge is -2.34. The van der Waals surface area contributed by atoms with Crippen molar-refractivity contribution in [3.63, 3.8) is 0 Å². The second-order valence-corrected chi connectivity index (χ2v) is 10.7. The number of hydrogen-bond donors (Lipinski definition) is 1. The molecule has 2 heterocycles. The summed E-state index contributed by atoms with van der Waals surface area (Å²) in [7, 11) is 3.09. The molecular formula is C30H37FN6O5. The first-order chi connectivity index (χ1) is 20.4. The summed E-state index contributed by atoms with van der Waals surface area (Å²) in [4.78, 5) is 30.5. The van der Waals surface area contributed by atoms with Gasteiger partial charge in [-0.3, -0.25) is 9.59 Å². The number of amides is 2. The molecular weight excluding hydrogens is 543 g/mol. The quantitative estimate of drug-likeness (QED) is 0.365. The van der Waals surface area contributed by atoms with E-state index in [0.29, 0.717) is 35.1 Å². The first kappa shape index (κ1) is 29.4. The van der Waals surface area contributed by atoms with Crippen molar-refractivity contribution < 1.29 is 28.2 Å². The number of rotatable bonds is 11. The van der Waals surface area contributed by atoms with Gasteiger partial charge in [0.05, 0.1) is 20.3 Å². The summed E-state index contributed by atoms with van der Waals surface area (Å²) >= 11 is 0. The van der Waals surface area contributed by atoms with E-state index in [1.165, 1.54) is 28.9 Å². The van der Waals surface area contributed by atoms with Gasteiger partial charge in [0.25, 0.3) is 0 Å². The minimum Gasteiger partial charge on any atom is -0.493 e. The van der Waals surface area contributed by atoms with E-state index < -0.39 is 11.9 Å². The SMILES string of the molecule is COc1ccc(-c2nnn(CC(=O)N(C[C@H]3CCCO3)[C@H](C(=O)NC3CCCCC3)c3ccc(F)cc3)n2)cc1OC. The van der Waals surface area contributed by atoms with Crippen LogP contribution in [0.3, 0.4) is 0 Å². The molecule has 0 spiro atoms. The molecule has 1 aliphatic carbocycles. The molecule has 3 aromatic rings. The molecule has 11 nitrogen and oxygen atoms in total. The zero-order valence-electron chi connectivity index (χ0n) is 24.0. The summed E-state index contributed by atoms with van der Waals surface area (Å²) in [5.41, 5.74) is 1.16. The van der Waals surface area contributed by atoms with Crippen LogP contribution in [0.5, 0.6) is 11.5 Å². The van der Waals surface area contributed by atoms with Crippen LogP contribution in [0.1, 0.15) is 56.6 Å². The Labute approximate surface area is 244 Å². The van der Waals surface area contributed by atoms with Crippen molar-refractivity contribution in [2.45, 2.75) is 69.7 Å². The van der Waals surface area contributed by atoms with Gasteiger partial charge in [0, 0.05) is 24.8 Å². The van der Waals surface area contributed by atoms with E-state index in [2.05, 4.69) is 20.7 Å². The van der Waals surface area contributed by atoms with Crippen molar-refractivity contribution in [1.82, 2.24) is 30.4 Å². The third-order valence-electron chi connectivity index (χ3n) is 7.81. The molecule has 5 rings (SSSR count). The molecule has 42 heavy (non-hydrogen) atoms. The van der Waals surface area contributed by atoms with Gasteiger partial charge < -0.3 is 24.4 Å². The molecule has 0 bridgehead atoms. The molecule has 0 unspecified atom stereocenters. The third kappa shape index (κ3) is 7.04. The molecule has 1 saturated heterocycles. The molecule has 2 aliphatic rings. The summed E-state index contributed by atoms with van der Waals surface area (Å²) in [6.07, 6.45) is 6.46. The summed E-state index contributed by atoms with van der Waals surface area (Å²) in [6, 6.07) is 10.0. The van der Waals surface area contributed by atoms with E-state index in [1.54, 1.807) is 37.4 Å². The zero-order valence-corrected chi connectivity index (χ0v) is 24.0. The fourth-order valence-corrected chi connectivity index (χ4v) is 5.62. The van der Waals surface area contributed by atoms with E-state index in [1.807, 2.05) is 0 Å². The van der Waals surface area contributed by atoms with Crippen molar-refractivity contribution in [1.29, 1.82) is 0 Å². The maximum absolute atomic E-state index is 14.0. The number of benzene rings is 2. The minimum absolute atomic E-state index is 0.0370. The number of hydrogen-bond acceptors (Lipinski definition) is 8. The van der Waals surface area contributed by atoms with E-state index in [9.17, 15) is 14.0 Å². The molecule has 2 fully saturated rings. The average Bonchev–Trinajstić information content (AvgIpc) is 3.70. The van der Waals surface area contributed by atoms with Crippen molar-refractivity contribution in [3.05, 3.63) is 53.8 Å². The molecule has 2 aromatic carbocycles. The van der Waals surface area contributed by atoms with Crippen molar-refractivity contribution >= 4 is 11.8 Å². The van der Waals surface area contributed by atoms with Gasteiger partial charge in [0.1, 0.15) is 18.4 Å². The maximum Gasteiger partial charge on any atom is 0.247 e. The van der Waals surface area contributed by atoms with Crippen LogP contribution in [0.15, 0.2) is 42.5 Å². The minimum atomic E-state index is -0.974. The average molecular weight is 581 g/mol. The zero-order chi connectivity index (χ0) is 29.5. The Kier molecular flexibility index (Phi) is 9.63. The molecule has 1 aliphatic heterocycles. The number of ether oxygens (including phenoxy) is 3. The summed E-state index contributed by atoms with van der Waals surface area (Å²) in [5.74, 6) is 0.284. The normalized spacial score (nSPS) is 17.9. The van der Waals surface area contributed by atoms with Gasteiger partial charge in [0.2, 0.25) is 17.6 Å². The largest absolute Gasteiger partial charge is 0.493 e. The van der Waals surface area contributed by atoms with Crippen LogP contribution >= 0.6 is 0 Å². The molecule has 224 valence electrons. The number of methoxy groups -OCH3 is 2. The monoisotopic (exact) mass is 580 g/mol. The Hall–Kier alpha value is -4.06. The van der Waals surface area contributed by atoms with Crippen LogP contribution in [0.2, 0.25) is 0 Å².